The maximum Gasteiger partial charge on any atom is 0.335 e. The molecule has 3 aliphatic rings. The number of rotatable bonds is 8. The Morgan fingerprint density at radius 1 is 1.00 bits per heavy atom. The molecule has 0 radical (unpaired) electrons. The van der Waals surface area contributed by atoms with Crippen molar-refractivity contribution in [3.05, 3.63) is 83.1 Å². The minimum absolute atomic E-state index is 0.111. The molecule has 3 aliphatic heterocycles. The van der Waals surface area contributed by atoms with Gasteiger partial charge in [-0.15, -0.1) is 0 Å². The Morgan fingerprint density at radius 3 is 2.39 bits per heavy atom. The van der Waals surface area contributed by atoms with Crippen molar-refractivity contribution in [3.63, 3.8) is 0 Å². The van der Waals surface area contributed by atoms with Crippen molar-refractivity contribution in [2.75, 3.05) is 58.2 Å². The van der Waals surface area contributed by atoms with Gasteiger partial charge in [0.2, 0.25) is 0 Å². The number of aromatic nitrogens is 4. The lowest BCUT2D eigenvalue weighted by Crippen LogP contribution is -2.59. The number of para-hydroxylation sites is 1. The van der Waals surface area contributed by atoms with Crippen molar-refractivity contribution in [1.82, 2.24) is 33.8 Å². The number of hydrogen-bond donors (Lipinski definition) is 1. The number of nitriles is 1. The largest absolute Gasteiger partial charge is 0.457 e. The van der Waals surface area contributed by atoms with Crippen LogP contribution in [0.2, 0.25) is 0 Å². The van der Waals surface area contributed by atoms with Crippen LogP contribution in [0.5, 0.6) is 11.5 Å². The van der Waals surface area contributed by atoms with Crippen LogP contribution in [0.4, 0.5) is 5.82 Å². The summed E-state index contributed by atoms with van der Waals surface area (Å²) in [6, 6.07) is 18.9. The number of carbonyl (C=O) groups is 1. The van der Waals surface area contributed by atoms with Gasteiger partial charge in [0.15, 0.2) is 11.5 Å². The van der Waals surface area contributed by atoms with Gasteiger partial charge in [0.25, 0.3) is 5.91 Å². The molecule has 1 atom stereocenters. The van der Waals surface area contributed by atoms with Crippen molar-refractivity contribution < 1.29 is 14.3 Å². The zero-order valence-corrected chi connectivity index (χ0v) is 27.9. The molecule has 1 amide bonds. The second-order valence-electron chi connectivity index (χ2n) is 13.4. The number of ether oxygens (including phenoxy) is 2. The van der Waals surface area contributed by atoms with E-state index in [0.717, 1.165) is 39.4 Å². The molecule has 3 saturated heterocycles. The lowest BCUT2D eigenvalue weighted by Gasteiger charge is -2.46. The molecule has 49 heavy (non-hydrogen) atoms. The number of nitrogens with two attached hydrogens (primary N) is 1. The number of nitrogens with zero attached hydrogens (tertiary/aromatic N) is 8. The first-order chi connectivity index (χ1) is 23.7. The minimum Gasteiger partial charge on any atom is -0.457 e. The summed E-state index contributed by atoms with van der Waals surface area (Å²) in [6.07, 6.45) is 4.47. The van der Waals surface area contributed by atoms with E-state index >= 15 is 0 Å². The van der Waals surface area contributed by atoms with Gasteiger partial charge in [-0.25, -0.2) is 14.8 Å². The first-order valence-corrected chi connectivity index (χ1v) is 16.8. The predicted octanol–water partition coefficient (Wildman–Crippen LogP) is 3.37. The molecule has 0 spiro atoms. The maximum absolute atomic E-state index is 14.2. The number of hydrogen-bond acceptors (Lipinski definition) is 10. The highest BCUT2D eigenvalue weighted by Gasteiger charge is 2.36. The highest BCUT2D eigenvalue weighted by Crippen LogP contribution is 2.30. The topological polar surface area (TPSA) is 148 Å². The summed E-state index contributed by atoms with van der Waals surface area (Å²) in [6.45, 7) is 9.98. The summed E-state index contributed by atoms with van der Waals surface area (Å²) in [5.74, 6) is 1.17. The number of likely N-dealkylation sites (tertiary alicyclic amines) is 1. The number of piperazine rings is 1. The van der Waals surface area contributed by atoms with Crippen molar-refractivity contribution >= 4 is 22.9 Å². The third kappa shape index (κ3) is 6.42. The summed E-state index contributed by atoms with van der Waals surface area (Å²) in [7, 11) is 0. The van der Waals surface area contributed by atoms with Crippen LogP contribution in [0.25, 0.3) is 16.9 Å². The minimum atomic E-state index is -0.487. The van der Waals surface area contributed by atoms with Crippen LogP contribution in [-0.2, 0) is 9.53 Å². The van der Waals surface area contributed by atoms with Gasteiger partial charge in [-0.2, -0.15) is 5.26 Å². The monoisotopic (exact) mass is 663 g/mol. The summed E-state index contributed by atoms with van der Waals surface area (Å²) in [4.78, 5) is 43.2. The molecule has 0 saturated carbocycles. The van der Waals surface area contributed by atoms with Crippen LogP contribution in [-0.4, -0.2) is 104 Å². The van der Waals surface area contributed by atoms with E-state index in [2.05, 4.69) is 39.7 Å². The third-order valence-corrected chi connectivity index (χ3v) is 9.92. The first kappa shape index (κ1) is 32.5. The number of fused-ring (bicyclic) bond motifs is 1. The molecule has 0 bridgehead atoms. The van der Waals surface area contributed by atoms with Crippen molar-refractivity contribution in [3.8, 4) is 23.3 Å². The SMILES string of the molecule is CC(C)(C=C(C#N)C(=O)N1CCC[C@@H](n2c(=O)n(-c3ccc(Oc4ccccc4)cc3)c3c(N)ncnc32)C1)N1CCN(C2COC2)CC1. The van der Waals surface area contributed by atoms with E-state index < -0.39 is 5.54 Å². The third-order valence-electron chi connectivity index (χ3n) is 9.92. The predicted molar refractivity (Wildman–Crippen MR) is 184 cm³/mol. The number of piperidine rings is 1. The molecule has 5 heterocycles. The quantitative estimate of drug-likeness (QED) is 0.220. The van der Waals surface area contributed by atoms with E-state index in [4.69, 9.17) is 15.2 Å². The molecule has 2 aromatic carbocycles. The van der Waals surface area contributed by atoms with E-state index in [0.29, 0.717) is 53.8 Å². The van der Waals surface area contributed by atoms with Crippen molar-refractivity contribution in [2.24, 2.45) is 0 Å². The zero-order chi connectivity index (χ0) is 34.1. The van der Waals surface area contributed by atoms with E-state index in [-0.39, 0.29) is 35.6 Å². The molecule has 3 fully saturated rings. The van der Waals surface area contributed by atoms with Crippen LogP contribution in [0.15, 0.2) is 77.4 Å². The van der Waals surface area contributed by atoms with Crippen LogP contribution in [0.1, 0.15) is 32.7 Å². The average molecular weight is 664 g/mol. The normalized spacial score (nSPS) is 19.8. The Hall–Kier alpha value is -5.03. The second-order valence-corrected chi connectivity index (χ2v) is 13.4. The van der Waals surface area contributed by atoms with E-state index in [1.54, 1.807) is 39.8 Å². The zero-order valence-electron chi connectivity index (χ0n) is 27.9. The summed E-state index contributed by atoms with van der Waals surface area (Å²) >= 11 is 0. The highest BCUT2D eigenvalue weighted by molar-refractivity contribution is 5.97. The van der Waals surface area contributed by atoms with Crippen LogP contribution in [0.3, 0.4) is 0 Å². The first-order valence-electron chi connectivity index (χ1n) is 16.8. The number of carbonyl (C=O) groups excluding carboxylic acids is 1. The molecule has 2 aromatic heterocycles. The molecular formula is C36H41N9O4. The summed E-state index contributed by atoms with van der Waals surface area (Å²) in [5, 5.41) is 10.2. The van der Waals surface area contributed by atoms with Gasteiger partial charge >= 0.3 is 5.69 Å². The number of nitrogen functional groups attached to an aromatic ring is 1. The highest BCUT2D eigenvalue weighted by atomic mass is 16.5. The lowest BCUT2D eigenvalue weighted by atomic mass is 9.96. The number of benzene rings is 2. The Labute approximate surface area is 284 Å². The Morgan fingerprint density at radius 2 is 1.71 bits per heavy atom. The Balaban J connectivity index is 1.12. The molecule has 13 heteroatoms. The van der Waals surface area contributed by atoms with Gasteiger partial charge in [-0.05, 0) is 69.2 Å². The van der Waals surface area contributed by atoms with Gasteiger partial charge in [0.05, 0.1) is 31.0 Å². The molecule has 0 aliphatic carbocycles. The summed E-state index contributed by atoms with van der Waals surface area (Å²) < 4.78 is 14.4. The Kier molecular flexibility index (Phi) is 8.94. The second kappa shape index (κ2) is 13.5. The molecule has 254 valence electrons. The van der Waals surface area contributed by atoms with Crippen LogP contribution in [0, 0.1) is 11.3 Å². The van der Waals surface area contributed by atoms with Crippen LogP contribution >= 0.6 is 0 Å². The molecule has 7 rings (SSSR count). The van der Waals surface area contributed by atoms with Gasteiger partial charge in [-0.1, -0.05) is 18.2 Å². The van der Waals surface area contributed by atoms with Gasteiger partial charge in [0, 0.05) is 44.8 Å². The lowest BCUT2D eigenvalue weighted by molar-refractivity contribution is -0.128. The van der Waals surface area contributed by atoms with E-state index in [9.17, 15) is 14.9 Å². The molecule has 2 N–H and O–H groups in total. The van der Waals surface area contributed by atoms with Gasteiger partial charge in [0.1, 0.15) is 35.0 Å². The number of anilines is 1. The molecule has 0 unspecified atom stereocenters. The number of imidazole rings is 1. The average Bonchev–Trinajstić information content (AvgIpc) is 3.40. The molecule has 13 nitrogen and oxygen atoms in total. The fourth-order valence-electron chi connectivity index (χ4n) is 7.13. The van der Waals surface area contributed by atoms with Crippen molar-refractivity contribution in [1.29, 1.82) is 5.26 Å². The molecular weight excluding hydrogens is 622 g/mol. The Bertz CT molecular complexity index is 1950. The van der Waals surface area contributed by atoms with Gasteiger partial charge in [-0.3, -0.25) is 23.7 Å². The summed E-state index contributed by atoms with van der Waals surface area (Å²) in [5.41, 5.74) is 7.02. The number of amides is 1. The van der Waals surface area contributed by atoms with Gasteiger partial charge < -0.3 is 20.1 Å². The fraction of sp³-hybridized carbons (Fsp3) is 0.417. The van der Waals surface area contributed by atoms with E-state index in [1.807, 2.05) is 30.3 Å². The fourth-order valence-corrected chi connectivity index (χ4v) is 7.13. The standard InChI is InChI=1S/C36H41N9O4/c1-36(2,43-17-15-41(16-18-43)28-22-48-23-28)19-25(20-37)34(46)42-14-6-7-27(21-42)45-33-31(32(38)39-24-40-33)44(35(45)47)26-10-12-30(13-11-26)49-29-8-4-3-5-9-29/h3-5,8-13,19,24,27-28H,6-7,14-18,21-23H2,1-2H3,(H2,38,39,40)/t27-/m1/s1. The maximum atomic E-state index is 14.2. The van der Waals surface area contributed by atoms with E-state index in [1.165, 1.54) is 10.9 Å². The van der Waals surface area contributed by atoms with Crippen molar-refractivity contribution in [2.45, 2.75) is 44.3 Å². The molecule has 4 aromatic rings. The smallest absolute Gasteiger partial charge is 0.335 e. The van der Waals surface area contributed by atoms with Crippen LogP contribution < -0.4 is 16.2 Å².